The molecule has 3 aromatic rings. The second-order valence-corrected chi connectivity index (χ2v) is 11.1. The summed E-state index contributed by atoms with van der Waals surface area (Å²) in [6.45, 7) is 0.813. The Bertz CT molecular complexity index is 1610. The molecule has 1 fully saturated rings. The number of amides is 2. The maximum absolute atomic E-state index is 14.8. The third-order valence-corrected chi connectivity index (χ3v) is 8.81. The highest BCUT2D eigenvalue weighted by Gasteiger charge is 2.59. The van der Waals surface area contributed by atoms with E-state index in [0.29, 0.717) is 35.7 Å². The lowest BCUT2D eigenvalue weighted by molar-refractivity contribution is -0.244. The number of ether oxygens (including phenoxy) is 1. The van der Waals surface area contributed by atoms with Crippen molar-refractivity contribution < 1.29 is 32.6 Å². The van der Waals surface area contributed by atoms with Gasteiger partial charge in [0.1, 0.15) is 5.69 Å². The van der Waals surface area contributed by atoms with Crippen LogP contribution < -0.4 is 4.90 Å². The van der Waals surface area contributed by atoms with Crippen molar-refractivity contribution in [3.8, 4) is 0 Å². The predicted molar refractivity (Wildman–Crippen MR) is 155 cm³/mol. The number of anilines is 1. The molecule has 6 rings (SSSR count). The van der Waals surface area contributed by atoms with E-state index >= 15 is 0 Å². The van der Waals surface area contributed by atoms with E-state index in [9.17, 15) is 27.9 Å². The van der Waals surface area contributed by atoms with Crippen LogP contribution in [0.15, 0.2) is 84.5 Å². The second kappa shape index (κ2) is 11.2. The zero-order valence-corrected chi connectivity index (χ0v) is 23.7. The van der Waals surface area contributed by atoms with E-state index in [1.54, 1.807) is 59.5 Å². The molecule has 0 bridgehead atoms. The molecule has 1 aromatic heterocycles. The minimum Gasteiger partial charge on any atom is -0.394 e. The molecule has 2 atom stereocenters. The Labute approximate surface area is 247 Å². The van der Waals surface area contributed by atoms with Gasteiger partial charge in [0.15, 0.2) is 5.60 Å². The Balaban J connectivity index is 1.39. The Morgan fingerprint density at radius 1 is 0.977 bits per heavy atom. The van der Waals surface area contributed by atoms with Gasteiger partial charge in [-0.3, -0.25) is 9.59 Å². The van der Waals surface area contributed by atoms with Crippen molar-refractivity contribution in [1.82, 2.24) is 9.47 Å². The first-order valence-corrected chi connectivity index (χ1v) is 14.3. The maximum atomic E-state index is 14.8. The van der Waals surface area contributed by atoms with Crippen LogP contribution in [0.5, 0.6) is 0 Å². The van der Waals surface area contributed by atoms with Gasteiger partial charge in [0, 0.05) is 42.6 Å². The normalized spacial score (nSPS) is 21.9. The summed E-state index contributed by atoms with van der Waals surface area (Å²) in [7, 11) is 1.02. The van der Waals surface area contributed by atoms with E-state index in [-0.39, 0.29) is 36.2 Å². The van der Waals surface area contributed by atoms with Gasteiger partial charge < -0.3 is 24.2 Å². The number of carbonyl (C=O) groups is 2. The number of rotatable bonds is 5. The lowest BCUT2D eigenvalue weighted by Gasteiger charge is -2.39. The number of hydrogen-bond donors (Lipinski definition) is 1. The fourth-order valence-corrected chi connectivity index (χ4v) is 6.53. The molecule has 3 aliphatic rings. The Hall–Kier alpha value is -4.15. The van der Waals surface area contributed by atoms with Crippen molar-refractivity contribution >= 4 is 23.1 Å². The summed E-state index contributed by atoms with van der Waals surface area (Å²) in [5.74, 6) is -0.757. The zero-order chi connectivity index (χ0) is 30.4. The predicted octanol–water partition coefficient (Wildman–Crippen LogP) is 5.34. The largest absolute Gasteiger partial charge is 0.422 e. The van der Waals surface area contributed by atoms with Gasteiger partial charge in [-0.15, -0.1) is 0 Å². The lowest BCUT2D eigenvalue weighted by atomic mass is 9.78. The smallest absolute Gasteiger partial charge is 0.394 e. The number of halogens is 3. The Kier molecular flexibility index (Phi) is 7.52. The highest BCUT2D eigenvalue weighted by molar-refractivity contribution is 6.07. The maximum Gasteiger partial charge on any atom is 0.422 e. The van der Waals surface area contributed by atoms with Crippen molar-refractivity contribution in [3.63, 3.8) is 0 Å². The summed E-state index contributed by atoms with van der Waals surface area (Å²) < 4.78 is 51.5. The van der Waals surface area contributed by atoms with Crippen LogP contribution in [0.4, 0.5) is 18.9 Å². The summed E-state index contributed by atoms with van der Waals surface area (Å²) in [4.78, 5) is 30.9. The third-order valence-electron chi connectivity index (χ3n) is 8.81. The van der Waals surface area contributed by atoms with Gasteiger partial charge in [-0.2, -0.15) is 13.2 Å². The molecule has 0 spiro atoms. The highest BCUT2D eigenvalue weighted by atomic mass is 19.4. The minimum atomic E-state index is -4.80. The number of para-hydroxylation sites is 1. The molecule has 0 saturated carbocycles. The van der Waals surface area contributed by atoms with Crippen LogP contribution in [0.1, 0.15) is 46.6 Å². The van der Waals surface area contributed by atoms with Gasteiger partial charge in [0.25, 0.3) is 11.8 Å². The molecule has 2 aromatic carbocycles. The fraction of sp³-hybridized carbons (Fsp3) is 0.333. The SMILES string of the molecule is COC1(C(F)(F)F)CC(C(=O)N2Cc3ccc(C(=O)N4CCC[C@H]4CO)n3Cc3ccccc32)=CC=C1c1ccccc1. The molecule has 2 amide bonds. The number of allylic oxidation sites excluding steroid dienone is 2. The molecule has 2 aliphatic heterocycles. The van der Waals surface area contributed by atoms with E-state index in [2.05, 4.69) is 0 Å². The monoisotopic (exact) mass is 591 g/mol. The van der Waals surface area contributed by atoms with Gasteiger partial charge >= 0.3 is 6.18 Å². The van der Waals surface area contributed by atoms with Crippen LogP contribution in [0, 0.1) is 0 Å². The van der Waals surface area contributed by atoms with E-state index in [0.717, 1.165) is 25.5 Å². The number of benzene rings is 2. The number of aliphatic hydroxyl groups excluding tert-OH is 1. The Morgan fingerprint density at radius 3 is 2.44 bits per heavy atom. The number of methoxy groups -OCH3 is 1. The summed E-state index contributed by atoms with van der Waals surface area (Å²) in [5, 5.41) is 9.77. The molecule has 1 unspecified atom stereocenters. The average molecular weight is 592 g/mol. The van der Waals surface area contributed by atoms with Gasteiger partial charge in [-0.25, -0.2) is 0 Å². The minimum absolute atomic E-state index is 0.0344. The van der Waals surface area contributed by atoms with E-state index in [1.807, 2.05) is 16.7 Å². The molecule has 1 N–H and O–H groups in total. The molecule has 10 heteroatoms. The molecular formula is C33H32F3N3O4. The number of aromatic nitrogens is 1. The zero-order valence-electron chi connectivity index (χ0n) is 23.7. The molecule has 224 valence electrons. The molecule has 1 aliphatic carbocycles. The van der Waals surface area contributed by atoms with E-state index < -0.39 is 24.1 Å². The summed E-state index contributed by atoms with van der Waals surface area (Å²) in [5.41, 5.74) is 0.00660. The first kappa shape index (κ1) is 28.9. The molecule has 0 radical (unpaired) electrons. The number of aliphatic hydroxyl groups is 1. The van der Waals surface area contributed by atoms with Crippen LogP contribution in [0.25, 0.3) is 5.57 Å². The van der Waals surface area contributed by atoms with Crippen molar-refractivity contribution in [2.45, 2.75) is 50.2 Å². The van der Waals surface area contributed by atoms with Crippen LogP contribution in [-0.4, -0.2) is 64.5 Å². The van der Waals surface area contributed by atoms with Gasteiger partial charge in [0.2, 0.25) is 0 Å². The number of likely N-dealkylation sites (tertiary alicyclic amines) is 1. The number of carbonyl (C=O) groups excluding carboxylic acids is 2. The topological polar surface area (TPSA) is 75.0 Å². The van der Waals surface area contributed by atoms with Crippen molar-refractivity contribution in [3.05, 3.63) is 107 Å². The summed E-state index contributed by atoms with van der Waals surface area (Å²) >= 11 is 0. The standard InChI is InChI=1S/C33H32F3N3O4/c1-43-32(33(34,35)36)18-23(13-15-27(32)22-8-3-2-4-9-22)30(41)39-20-25-14-16-29(31(42)37-17-7-11-26(37)21-40)38(25)19-24-10-5-6-12-28(24)39/h2-6,8-10,12-16,26,40H,7,11,17-21H2,1H3/t26-,32?/m0/s1. The van der Waals surface area contributed by atoms with Crippen molar-refractivity contribution in [2.75, 3.05) is 25.2 Å². The fourth-order valence-electron chi connectivity index (χ4n) is 6.53. The van der Waals surface area contributed by atoms with Gasteiger partial charge in [0.05, 0.1) is 25.7 Å². The Morgan fingerprint density at radius 2 is 1.72 bits per heavy atom. The number of nitrogens with zero attached hydrogens (tertiary/aromatic N) is 3. The number of fused-ring (bicyclic) bond motifs is 2. The molecule has 1 saturated heterocycles. The average Bonchev–Trinajstić information content (AvgIpc) is 3.62. The van der Waals surface area contributed by atoms with E-state index in [4.69, 9.17) is 4.74 Å². The third kappa shape index (κ3) is 4.88. The number of hydrogen-bond acceptors (Lipinski definition) is 4. The highest BCUT2D eigenvalue weighted by Crippen LogP contribution is 2.49. The van der Waals surface area contributed by atoms with Crippen LogP contribution in [-0.2, 0) is 22.6 Å². The molecular weight excluding hydrogens is 559 g/mol. The second-order valence-electron chi connectivity index (χ2n) is 11.1. The quantitative estimate of drug-likeness (QED) is 0.435. The first-order valence-electron chi connectivity index (χ1n) is 14.3. The van der Waals surface area contributed by atoms with Crippen molar-refractivity contribution in [2.24, 2.45) is 0 Å². The molecule has 43 heavy (non-hydrogen) atoms. The van der Waals surface area contributed by atoms with Gasteiger partial charge in [-0.1, -0.05) is 60.7 Å². The number of alkyl halides is 3. The van der Waals surface area contributed by atoms with E-state index in [1.165, 1.54) is 17.1 Å². The summed E-state index contributed by atoms with van der Waals surface area (Å²) in [6, 6.07) is 18.7. The van der Waals surface area contributed by atoms with Crippen LogP contribution in [0.2, 0.25) is 0 Å². The van der Waals surface area contributed by atoms with Crippen LogP contribution in [0.3, 0.4) is 0 Å². The van der Waals surface area contributed by atoms with Gasteiger partial charge in [-0.05, 0) is 42.2 Å². The van der Waals surface area contributed by atoms with Crippen molar-refractivity contribution in [1.29, 1.82) is 0 Å². The summed E-state index contributed by atoms with van der Waals surface area (Å²) in [6.07, 6.45) is -1.15. The molecule has 3 heterocycles. The lowest BCUT2D eigenvalue weighted by Crippen LogP contribution is -2.50. The first-order chi connectivity index (χ1) is 20.7. The van der Waals surface area contributed by atoms with Crippen LogP contribution >= 0.6 is 0 Å². The molecule has 7 nitrogen and oxygen atoms in total.